The highest BCUT2D eigenvalue weighted by Crippen LogP contribution is 2.40. The van der Waals surface area contributed by atoms with Crippen molar-refractivity contribution < 1.29 is 17.9 Å². The second-order valence-electron chi connectivity index (χ2n) is 7.77. The maximum Gasteiger partial charge on any atom is 0.420 e. The van der Waals surface area contributed by atoms with E-state index in [-0.39, 0.29) is 6.42 Å². The number of aromatic nitrogens is 5. The number of morpholine rings is 1. The van der Waals surface area contributed by atoms with Crippen LogP contribution < -0.4 is 4.90 Å². The lowest BCUT2D eigenvalue weighted by Crippen LogP contribution is -2.37. The molecule has 0 radical (unpaired) electrons. The summed E-state index contributed by atoms with van der Waals surface area (Å²) in [5.41, 5.74) is 5.77. The highest BCUT2D eigenvalue weighted by atomic mass is 19.4. The third-order valence-electron chi connectivity index (χ3n) is 5.32. The minimum atomic E-state index is -4.36. The van der Waals surface area contributed by atoms with Crippen LogP contribution in [0.15, 0.2) is 35.7 Å². The molecule has 33 heavy (non-hydrogen) atoms. The zero-order valence-corrected chi connectivity index (χ0v) is 18.6. The summed E-state index contributed by atoms with van der Waals surface area (Å²) in [5.74, 6) is 0.433. The first-order valence-electron chi connectivity index (χ1n) is 10.5. The molecule has 0 atom stereocenters. The van der Waals surface area contributed by atoms with Crippen molar-refractivity contribution in [2.45, 2.75) is 33.4 Å². The Labute approximate surface area is 189 Å². The molecule has 0 bridgehead atoms. The molecule has 0 aromatic carbocycles. The predicted molar refractivity (Wildman–Crippen MR) is 118 cm³/mol. The van der Waals surface area contributed by atoms with Gasteiger partial charge in [0.15, 0.2) is 5.65 Å². The molecule has 2 aliphatic rings. The van der Waals surface area contributed by atoms with Crippen molar-refractivity contribution in [1.82, 2.24) is 24.9 Å². The van der Waals surface area contributed by atoms with Gasteiger partial charge in [-0.15, -0.1) is 5.73 Å². The molecule has 1 aliphatic carbocycles. The van der Waals surface area contributed by atoms with Crippen LogP contribution in [0.4, 0.5) is 19.1 Å². The Hall–Kier alpha value is -3.36. The molecule has 1 saturated heterocycles. The summed E-state index contributed by atoms with van der Waals surface area (Å²) < 4.78 is 43.7. The van der Waals surface area contributed by atoms with Crippen LogP contribution in [0.2, 0.25) is 0 Å². The molecule has 1 aliphatic heterocycles. The second kappa shape index (κ2) is 9.25. The Bertz CT molecular complexity index is 1230. The van der Waals surface area contributed by atoms with E-state index >= 15 is 0 Å². The number of halogens is 3. The number of fused-ring (bicyclic) bond motifs is 1. The largest absolute Gasteiger partial charge is 0.420 e. The minimum Gasteiger partial charge on any atom is -0.378 e. The van der Waals surface area contributed by atoms with Gasteiger partial charge >= 0.3 is 6.18 Å². The van der Waals surface area contributed by atoms with Gasteiger partial charge in [-0.3, -0.25) is 4.98 Å². The molecule has 0 amide bonds. The molecule has 5 rings (SSSR count). The summed E-state index contributed by atoms with van der Waals surface area (Å²) in [6, 6.07) is 5.86. The number of pyridine rings is 1. The van der Waals surface area contributed by atoms with Gasteiger partial charge in [-0.25, -0.2) is 15.0 Å². The van der Waals surface area contributed by atoms with Gasteiger partial charge in [0.25, 0.3) is 0 Å². The highest BCUT2D eigenvalue weighted by Gasteiger charge is 2.38. The number of allylic oxidation sites excluding steroid dienone is 1. The Kier molecular flexibility index (Phi) is 6.40. The van der Waals surface area contributed by atoms with Crippen molar-refractivity contribution >= 4 is 22.7 Å². The summed E-state index contributed by atoms with van der Waals surface area (Å²) in [6.07, 6.45) is -2.81. The fourth-order valence-electron chi connectivity index (χ4n) is 3.32. The first-order valence-corrected chi connectivity index (χ1v) is 10.5. The number of hydrogen-bond acceptors (Lipinski definition) is 7. The number of hydrogen-bond donors (Lipinski definition) is 0. The lowest BCUT2D eigenvalue weighted by Gasteiger charge is -2.27. The van der Waals surface area contributed by atoms with E-state index in [0.717, 1.165) is 11.4 Å². The van der Waals surface area contributed by atoms with E-state index in [1.54, 1.807) is 13.1 Å². The summed E-state index contributed by atoms with van der Waals surface area (Å²) in [6.45, 7) is 7.93. The number of anilines is 1. The van der Waals surface area contributed by atoms with Gasteiger partial charge in [0.2, 0.25) is 5.95 Å². The quantitative estimate of drug-likeness (QED) is 0.537. The van der Waals surface area contributed by atoms with Gasteiger partial charge < -0.3 is 9.64 Å². The van der Waals surface area contributed by atoms with Crippen LogP contribution >= 0.6 is 0 Å². The monoisotopic (exact) mass is 456 g/mol. The zero-order valence-electron chi connectivity index (χ0n) is 18.6. The van der Waals surface area contributed by atoms with Gasteiger partial charge in [0, 0.05) is 37.0 Å². The van der Waals surface area contributed by atoms with Crippen LogP contribution in [-0.4, -0.2) is 57.4 Å². The van der Waals surface area contributed by atoms with Gasteiger partial charge in [0.1, 0.15) is 11.2 Å². The van der Waals surface area contributed by atoms with E-state index in [2.05, 4.69) is 30.7 Å². The molecule has 1 fully saturated rings. The molecule has 3 aromatic rings. The molecule has 10 heteroatoms. The number of alkyl halides is 3. The smallest absolute Gasteiger partial charge is 0.378 e. The van der Waals surface area contributed by atoms with Gasteiger partial charge in [-0.05, 0) is 32.9 Å². The van der Waals surface area contributed by atoms with Crippen molar-refractivity contribution in [3.63, 3.8) is 0 Å². The van der Waals surface area contributed by atoms with Crippen molar-refractivity contribution in [2.75, 3.05) is 31.2 Å². The Balaban J connectivity index is 0.000000318. The second-order valence-corrected chi connectivity index (χ2v) is 7.77. The van der Waals surface area contributed by atoms with Crippen molar-refractivity contribution in [2.24, 2.45) is 0 Å². The van der Waals surface area contributed by atoms with Crippen LogP contribution in [0.25, 0.3) is 16.7 Å². The van der Waals surface area contributed by atoms with Gasteiger partial charge in [0.05, 0.1) is 30.2 Å². The molecule has 0 unspecified atom stereocenters. The van der Waals surface area contributed by atoms with Crippen LogP contribution in [-0.2, 0) is 4.74 Å². The van der Waals surface area contributed by atoms with E-state index in [0.29, 0.717) is 60.4 Å². The Morgan fingerprint density at radius 3 is 2.24 bits per heavy atom. The van der Waals surface area contributed by atoms with E-state index in [1.165, 1.54) is 0 Å². The maximum atomic E-state index is 12.8. The average Bonchev–Trinajstić information content (AvgIpc) is 2.74. The number of nitrogens with zero attached hydrogens (tertiary/aromatic N) is 6. The van der Waals surface area contributed by atoms with Crippen LogP contribution in [0.5, 0.6) is 0 Å². The number of ether oxygens (including phenoxy) is 1. The van der Waals surface area contributed by atoms with Crippen molar-refractivity contribution in [1.29, 1.82) is 0 Å². The molecule has 4 heterocycles. The summed E-state index contributed by atoms with van der Waals surface area (Å²) in [4.78, 5) is 23.8. The average molecular weight is 456 g/mol. The molecule has 0 N–H and O–H groups in total. The third kappa shape index (κ3) is 5.18. The highest BCUT2D eigenvalue weighted by molar-refractivity contribution is 5.88. The van der Waals surface area contributed by atoms with E-state index < -0.39 is 11.7 Å². The summed E-state index contributed by atoms with van der Waals surface area (Å²) in [5, 5.41) is 0. The Morgan fingerprint density at radius 1 is 0.970 bits per heavy atom. The van der Waals surface area contributed by atoms with Gasteiger partial charge in [-0.1, -0.05) is 6.07 Å². The molecule has 3 aromatic heterocycles. The predicted octanol–water partition coefficient (Wildman–Crippen LogP) is 4.14. The van der Waals surface area contributed by atoms with Crippen LogP contribution in [0.1, 0.15) is 29.2 Å². The normalized spacial score (nSPS) is 15.9. The lowest BCUT2D eigenvalue weighted by atomic mass is 9.93. The standard InChI is InChI=1S/C17H16F3N5O.C6H7N/c1-9-10(2)22-15-14(21-9)13(11-7-12(8-11)17(18,19)20)23-16(24-15)25-3-5-26-6-4-25;1-6-4-2-3-5-7-6/h3-7H2,1-2H3;2-5H,1H3. The SMILES string of the molecule is Cc1ccccn1.Cc1nc2nc(N3CCOCC3)nc(C3=C=C(C(F)(F)F)C3)c2nc1C. The van der Waals surface area contributed by atoms with E-state index in [9.17, 15) is 13.2 Å². The maximum absolute atomic E-state index is 12.8. The van der Waals surface area contributed by atoms with Crippen LogP contribution in [0, 0.1) is 20.8 Å². The zero-order chi connectivity index (χ0) is 23.6. The number of rotatable bonds is 2. The topological polar surface area (TPSA) is 76.9 Å². The summed E-state index contributed by atoms with van der Waals surface area (Å²) >= 11 is 0. The molecular weight excluding hydrogens is 433 g/mol. The molecule has 172 valence electrons. The Morgan fingerprint density at radius 2 is 1.67 bits per heavy atom. The fourth-order valence-corrected chi connectivity index (χ4v) is 3.32. The van der Waals surface area contributed by atoms with Crippen molar-refractivity contribution in [3.05, 3.63) is 58.5 Å². The van der Waals surface area contributed by atoms with Crippen molar-refractivity contribution in [3.8, 4) is 0 Å². The summed E-state index contributed by atoms with van der Waals surface area (Å²) in [7, 11) is 0. The van der Waals surface area contributed by atoms with E-state index in [1.807, 2.05) is 36.9 Å². The molecule has 7 nitrogen and oxygen atoms in total. The molecular formula is C23H23F3N6O. The first-order chi connectivity index (χ1) is 15.7. The molecule has 0 spiro atoms. The minimum absolute atomic E-state index is 0.229. The van der Waals surface area contributed by atoms with Gasteiger partial charge in [-0.2, -0.15) is 18.2 Å². The third-order valence-corrected chi connectivity index (χ3v) is 5.32. The van der Waals surface area contributed by atoms with E-state index in [4.69, 9.17) is 4.74 Å². The van der Waals surface area contributed by atoms with Crippen LogP contribution in [0.3, 0.4) is 0 Å². The first kappa shape index (κ1) is 22.8. The lowest BCUT2D eigenvalue weighted by molar-refractivity contribution is -0.0934. The fraction of sp³-hybridized carbons (Fsp3) is 0.391. The number of aryl methyl sites for hydroxylation is 3. The molecule has 0 saturated carbocycles.